The topological polar surface area (TPSA) is 143 Å². The number of nitrogens with two attached hydrogens (primary N) is 1. The fraction of sp³-hybridized carbons (Fsp3) is 0.667. The van der Waals surface area contributed by atoms with E-state index in [1.54, 1.807) is 25.9 Å². The van der Waals surface area contributed by atoms with Gasteiger partial charge in [0.05, 0.1) is 17.5 Å². The van der Waals surface area contributed by atoms with Gasteiger partial charge in [0.25, 0.3) is 5.91 Å². The number of primary amides is 1. The van der Waals surface area contributed by atoms with E-state index in [0.29, 0.717) is 69.0 Å². The molecule has 2 atom stereocenters. The van der Waals surface area contributed by atoms with Crippen molar-refractivity contribution >= 4 is 35.0 Å². The number of carbonyl (C=O) groups excluding carboxylic acids is 4. The van der Waals surface area contributed by atoms with Crippen molar-refractivity contribution in [1.29, 1.82) is 0 Å². The number of hydrogen-bond acceptors (Lipinski definition) is 7. The van der Waals surface area contributed by atoms with Gasteiger partial charge in [0.1, 0.15) is 11.3 Å². The lowest BCUT2D eigenvalue weighted by atomic mass is 9.87. The Kier molecular flexibility index (Phi) is 8.29. The standard InChI is InChI=1S/C30H43N5O6/c1-29(2)28(39)34(13-6-14-40-3)23-16-22(9-10-24(23)41-29)35(21-7-8-21)26(37)20-15-19(17-32-18-20)25(36)33-30(27(31)38)11-4-5-12-30/h9-10,16,19-21,32H,4-8,11-15,17-18H2,1-3H3,(H2,31,38)(H,33,36)/t19-,20?/m0/s1. The summed E-state index contributed by atoms with van der Waals surface area (Å²) in [5.74, 6) is -1.14. The van der Waals surface area contributed by atoms with E-state index in [1.807, 2.05) is 23.1 Å². The van der Waals surface area contributed by atoms with Gasteiger partial charge in [0.15, 0.2) is 5.60 Å². The minimum atomic E-state index is -0.997. The molecule has 4 aliphatic rings. The molecule has 4 N–H and O–H groups in total. The van der Waals surface area contributed by atoms with E-state index in [1.165, 1.54) is 0 Å². The minimum Gasteiger partial charge on any atom is -0.476 e. The Morgan fingerprint density at radius 1 is 1.17 bits per heavy atom. The number of anilines is 2. The third-order valence-electron chi connectivity index (χ3n) is 8.88. The SMILES string of the molecule is COCCCN1C(=O)C(C)(C)Oc2ccc(N(C(=O)C3CNC[C@@H](C(=O)NC4(C(N)=O)CCCC4)C3)C3CC3)cc21. The minimum absolute atomic E-state index is 0.0442. The number of fused-ring (bicyclic) bond motifs is 1. The molecule has 2 aliphatic heterocycles. The van der Waals surface area contributed by atoms with Crippen LogP contribution in [0.5, 0.6) is 5.75 Å². The summed E-state index contributed by atoms with van der Waals surface area (Å²) in [6, 6.07) is 5.67. The first-order chi connectivity index (χ1) is 19.6. The van der Waals surface area contributed by atoms with E-state index in [2.05, 4.69) is 10.6 Å². The molecule has 0 radical (unpaired) electrons. The van der Waals surface area contributed by atoms with Crippen LogP contribution in [-0.4, -0.2) is 74.2 Å². The zero-order valence-corrected chi connectivity index (χ0v) is 24.4. The quantitative estimate of drug-likeness (QED) is 0.365. The monoisotopic (exact) mass is 569 g/mol. The van der Waals surface area contributed by atoms with Crippen LogP contribution in [0.2, 0.25) is 0 Å². The van der Waals surface area contributed by atoms with Crippen molar-refractivity contribution in [3.63, 3.8) is 0 Å². The molecule has 11 heteroatoms. The van der Waals surface area contributed by atoms with Crippen LogP contribution < -0.4 is 30.9 Å². The molecule has 41 heavy (non-hydrogen) atoms. The number of ether oxygens (including phenoxy) is 2. The fourth-order valence-electron chi connectivity index (χ4n) is 6.42. The van der Waals surface area contributed by atoms with Crippen molar-refractivity contribution in [2.75, 3.05) is 43.2 Å². The van der Waals surface area contributed by atoms with Crippen LogP contribution in [0.3, 0.4) is 0 Å². The highest BCUT2D eigenvalue weighted by Gasteiger charge is 2.45. The van der Waals surface area contributed by atoms with Crippen molar-refractivity contribution in [3.05, 3.63) is 18.2 Å². The lowest BCUT2D eigenvalue weighted by molar-refractivity contribution is -0.135. The highest BCUT2D eigenvalue weighted by atomic mass is 16.5. The smallest absolute Gasteiger partial charge is 0.270 e. The molecule has 2 aliphatic carbocycles. The summed E-state index contributed by atoms with van der Waals surface area (Å²) in [6.07, 6.45) is 5.65. The fourth-order valence-corrected chi connectivity index (χ4v) is 6.42. The first-order valence-corrected chi connectivity index (χ1v) is 14.9. The highest BCUT2D eigenvalue weighted by Crippen LogP contribution is 2.43. The number of nitrogens with zero attached hydrogens (tertiary/aromatic N) is 2. The molecule has 1 unspecified atom stereocenters. The average Bonchev–Trinajstić information content (AvgIpc) is 3.66. The van der Waals surface area contributed by atoms with Gasteiger partial charge in [-0.15, -0.1) is 0 Å². The number of methoxy groups -OCH3 is 1. The summed E-state index contributed by atoms with van der Waals surface area (Å²) in [4.78, 5) is 56.4. The molecule has 0 aromatic heterocycles. The molecule has 11 nitrogen and oxygen atoms in total. The zero-order valence-electron chi connectivity index (χ0n) is 24.4. The second kappa shape index (κ2) is 11.6. The summed E-state index contributed by atoms with van der Waals surface area (Å²) < 4.78 is 11.3. The maximum atomic E-state index is 14.0. The van der Waals surface area contributed by atoms with Crippen LogP contribution in [0.4, 0.5) is 11.4 Å². The summed E-state index contributed by atoms with van der Waals surface area (Å²) in [6.45, 7) is 5.43. The first kappa shape index (κ1) is 29.3. The predicted molar refractivity (Wildman–Crippen MR) is 154 cm³/mol. The molecule has 4 amide bonds. The Bertz CT molecular complexity index is 1190. The Hall–Kier alpha value is -3.18. The number of nitrogens with one attached hydrogen (secondary N) is 2. The molecule has 3 fully saturated rings. The van der Waals surface area contributed by atoms with Gasteiger partial charge in [-0.2, -0.15) is 0 Å². The Morgan fingerprint density at radius 2 is 1.88 bits per heavy atom. The van der Waals surface area contributed by atoms with Gasteiger partial charge in [0.2, 0.25) is 17.7 Å². The predicted octanol–water partition coefficient (Wildman–Crippen LogP) is 1.86. The molecular formula is C30H43N5O6. The van der Waals surface area contributed by atoms with Crippen molar-refractivity contribution in [2.24, 2.45) is 17.6 Å². The number of hydrogen-bond donors (Lipinski definition) is 3. The third kappa shape index (κ3) is 5.92. The van der Waals surface area contributed by atoms with Gasteiger partial charge in [-0.05, 0) is 70.6 Å². The Balaban J connectivity index is 1.35. The van der Waals surface area contributed by atoms with Gasteiger partial charge < -0.3 is 35.6 Å². The molecule has 1 saturated heterocycles. The third-order valence-corrected chi connectivity index (χ3v) is 8.88. The first-order valence-electron chi connectivity index (χ1n) is 14.9. The molecule has 224 valence electrons. The number of piperidine rings is 1. The van der Waals surface area contributed by atoms with Crippen LogP contribution in [0.25, 0.3) is 0 Å². The summed E-state index contributed by atoms with van der Waals surface area (Å²) in [5.41, 5.74) is 5.06. The van der Waals surface area contributed by atoms with E-state index >= 15 is 0 Å². The molecular weight excluding hydrogens is 526 g/mol. The molecule has 2 heterocycles. The van der Waals surface area contributed by atoms with Crippen LogP contribution in [0.1, 0.15) is 65.2 Å². The average molecular weight is 570 g/mol. The molecule has 0 bridgehead atoms. The van der Waals surface area contributed by atoms with E-state index in [4.69, 9.17) is 15.2 Å². The van der Waals surface area contributed by atoms with Crippen molar-refractivity contribution in [3.8, 4) is 5.75 Å². The molecule has 2 saturated carbocycles. The number of carbonyl (C=O) groups is 4. The van der Waals surface area contributed by atoms with Gasteiger partial charge >= 0.3 is 0 Å². The largest absolute Gasteiger partial charge is 0.476 e. The normalized spacial score (nSPS) is 24.8. The maximum absolute atomic E-state index is 14.0. The van der Waals surface area contributed by atoms with Crippen LogP contribution >= 0.6 is 0 Å². The molecule has 1 aromatic rings. The summed E-state index contributed by atoms with van der Waals surface area (Å²) in [5, 5.41) is 6.22. The van der Waals surface area contributed by atoms with Crippen LogP contribution in [-0.2, 0) is 23.9 Å². The van der Waals surface area contributed by atoms with Crippen molar-refractivity contribution in [2.45, 2.75) is 82.4 Å². The Labute approximate surface area is 241 Å². The number of benzene rings is 1. The second-order valence-corrected chi connectivity index (χ2v) is 12.4. The lowest BCUT2D eigenvalue weighted by Crippen LogP contribution is -2.59. The highest BCUT2D eigenvalue weighted by molar-refractivity contribution is 6.04. The van der Waals surface area contributed by atoms with E-state index in [0.717, 1.165) is 25.7 Å². The molecule has 5 rings (SSSR count). The molecule has 0 spiro atoms. The van der Waals surface area contributed by atoms with Crippen LogP contribution in [0.15, 0.2) is 18.2 Å². The van der Waals surface area contributed by atoms with E-state index in [-0.39, 0.29) is 23.8 Å². The van der Waals surface area contributed by atoms with E-state index in [9.17, 15) is 19.2 Å². The van der Waals surface area contributed by atoms with Gasteiger partial charge in [-0.25, -0.2) is 0 Å². The number of rotatable bonds is 10. The summed E-state index contributed by atoms with van der Waals surface area (Å²) in [7, 11) is 1.63. The van der Waals surface area contributed by atoms with E-state index < -0.39 is 28.9 Å². The molecule has 1 aromatic carbocycles. The van der Waals surface area contributed by atoms with Gasteiger partial charge in [0, 0.05) is 45.1 Å². The number of amides is 4. The van der Waals surface area contributed by atoms with Crippen molar-refractivity contribution in [1.82, 2.24) is 10.6 Å². The van der Waals surface area contributed by atoms with Gasteiger partial charge in [-0.1, -0.05) is 12.8 Å². The Morgan fingerprint density at radius 3 is 2.54 bits per heavy atom. The summed E-state index contributed by atoms with van der Waals surface area (Å²) >= 11 is 0. The van der Waals surface area contributed by atoms with Crippen LogP contribution in [0, 0.1) is 11.8 Å². The lowest BCUT2D eigenvalue weighted by Gasteiger charge is -2.40. The zero-order chi connectivity index (χ0) is 29.4. The van der Waals surface area contributed by atoms with Crippen molar-refractivity contribution < 1.29 is 28.7 Å². The van der Waals surface area contributed by atoms with Gasteiger partial charge in [-0.3, -0.25) is 19.2 Å². The second-order valence-electron chi connectivity index (χ2n) is 12.4. The maximum Gasteiger partial charge on any atom is 0.270 e.